The van der Waals surface area contributed by atoms with Crippen molar-refractivity contribution in [3.05, 3.63) is 22.7 Å². The first-order valence-corrected chi connectivity index (χ1v) is 5.58. The molecular weight excluding hydrogens is 253 g/mol. The lowest BCUT2D eigenvalue weighted by Gasteiger charge is -2.13. The molecule has 0 unspecified atom stereocenters. The summed E-state index contributed by atoms with van der Waals surface area (Å²) < 4.78 is 22.9. The van der Waals surface area contributed by atoms with E-state index in [9.17, 15) is 14.0 Å². The number of rotatable bonds is 6. The second-order valence-electron chi connectivity index (χ2n) is 3.80. The largest absolute Gasteiger partial charge is 0.461 e. The normalized spacial score (nSPS) is 13.1. The quantitative estimate of drug-likeness (QED) is 0.422. The van der Waals surface area contributed by atoms with Crippen molar-refractivity contribution in [1.82, 2.24) is 0 Å². The predicted octanol–water partition coefficient (Wildman–Crippen LogP) is 2.33. The van der Waals surface area contributed by atoms with Crippen LogP contribution >= 0.6 is 0 Å². The number of carbonyl (C=O) groups excluding carboxylic acids is 2. The van der Waals surface area contributed by atoms with Crippen LogP contribution in [0.25, 0.3) is 0 Å². The smallest absolute Gasteiger partial charge is 0.303 e. The number of nitrogens with zero attached hydrogens (tertiary/aromatic N) is 1. The summed E-state index contributed by atoms with van der Waals surface area (Å²) in [5.74, 6) is -1.43. The number of halogens is 1. The van der Waals surface area contributed by atoms with Crippen molar-refractivity contribution in [2.75, 3.05) is 13.2 Å². The summed E-state index contributed by atoms with van der Waals surface area (Å²) in [6, 6.07) is 0. The summed E-state index contributed by atoms with van der Waals surface area (Å²) in [6.07, 6.45) is 0. The molecule has 0 aromatic heterocycles. The van der Waals surface area contributed by atoms with Gasteiger partial charge >= 0.3 is 11.9 Å². The number of hydrogen-bond donors (Lipinski definition) is 0. The number of carbonyl (C=O) groups is 2. The Morgan fingerprint density at radius 1 is 1.05 bits per heavy atom. The number of aliphatic imine (C=N–C) groups is 1. The van der Waals surface area contributed by atoms with Crippen molar-refractivity contribution < 1.29 is 23.5 Å². The van der Waals surface area contributed by atoms with E-state index in [0.29, 0.717) is 5.57 Å². The Kier molecular flexibility index (Phi) is 7.33. The van der Waals surface area contributed by atoms with Crippen LogP contribution in [-0.2, 0) is 19.1 Å². The van der Waals surface area contributed by atoms with E-state index >= 15 is 0 Å². The molecule has 0 saturated heterocycles. The summed E-state index contributed by atoms with van der Waals surface area (Å²) in [6.45, 7) is 8.32. The number of esters is 2. The highest BCUT2D eigenvalue weighted by molar-refractivity contribution is 5.67. The third-order valence-corrected chi connectivity index (χ3v) is 2.34. The summed E-state index contributed by atoms with van der Waals surface area (Å²) in [5, 5.41) is 0. The van der Waals surface area contributed by atoms with Gasteiger partial charge in [-0.3, -0.25) is 14.6 Å². The van der Waals surface area contributed by atoms with E-state index < -0.39 is 17.8 Å². The number of hydrogen-bond acceptors (Lipinski definition) is 5. The van der Waals surface area contributed by atoms with Gasteiger partial charge in [0.05, 0.1) is 5.70 Å². The van der Waals surface area contributed by atoms with Crippen molar-refractivity contribution in [2.24, 2.45) is 4.99 Å². The van der Waals surface area contributed by atoms with E-state index in [1.54, 1.807) is 0 Å². The molecule has 0 rings (SSSR count). The zero-order valence-electron chi connectivity index (χ0n) is 11.6. The Balaban J connectivity index is 5.35. The lowest BCUT2D eigenvalue weighted by atomic mass is 10.1. The fourth-order valence-electron chi connectivity index (χ4n) is 1.19. The average Bonchev–Trinajstić information content (AvgIpc) is 2.31. The molecule has 0 aromatic carbocycles. The zero-order chi connectivity index (χ0) is 15.0. The first-order chi connectivity index (χ1) is 8.79. The van der Waals surface area contributed by atoms with Crippen LogP contribution in [-0.4, -0.2) is 31.9 Å². The second kappa shape index (κ2) is 8.18. The van der Waals surface area contributed by atoms with Gasteiger partial charge in [0.25, 0.3) is 0 Å². The minimum Gasteiger partial charge on any atom is -0.461 e. The molecular formula is C13H18FNO4. The highest BCUT2D eigenvalue weighted by atomic mass is 19.1. The monoisotopic (exact) mass is 271 g/mol. The van der Waals surface area contributed by atoms with Gasteiger partial charge in [0.2, 0.25) is 0 Å². The molecule has 6 heteroatoms. The fraction of sp³-hybridized carbons (Fsp3) is 0.462. The van der Waals surface area contributed by atoms with Crippen LogP contribution in [0, 0.1) is 0 Å². The van der Waals surface area contributed by atoms with E-state index in [0.717, 1.165) is 0 Å². The van der Waals surface area contributed by atoms with E-state index in [1.165, 1.54) is 27.7 Å². The van der Waals surface area contributed by atoms with Gasteiger partial charge in [0.1, 0.15) is 19.0 Å². The van der Waals surface area contributed by atoms with Crippen molar-refractivity contribution in [3.8, 4) is 0 Å². The lowest BCUT2D eigenvalue weighted by molar-refractivity contribution is -0.141. The predicted molar refractivity (Wildman–Crippen MR) is 69.3 cm³/mol. The minimum atomic E-state index is -0.502. The van der Waals surface area contributed by atoms with E-state index in [-0.39, 0.29) is 24.5 Å². The molecule has 0 aliphatic rings. The van der Waals surface area contributed by atoms with Crippen LogP contribution < -0.4 is 0 Å². The standard InChI is InChI=1S/C13H18FNO4/c1-8(9(2)14)12(6-18-10(3)16)13(15-5)7-19-11(4)17/h5-7H2,1-4H3/b9-8+,13-12-. The third-order valence-electron chi connectivity index (χ3n) is 2.34. The van der Waals surface area contributed by atoms with Crippen molar-refractivity contribution in [2.45, 2.75) is 27.7 Å². The summed E-state index contributed by atoms with van der Waals surface area (Å²) in [4.78, 5) is 25.3. The molecule has 0 heterocycles. The van der Waals surface area contributed by atoms with Crippen LogP contribution in [0.3, 0.4) is 0 Å². The van der Waals surface area contributed by atoms with Gasteiger partial charge in [-0.1, -0.05) is 0 Å². The summed E-state index contributed by atoms with van der Waals surface area (Å²) >= 11 is 0. The van der Waals surface area contributed by atoms with E-state index in [4.69, 9.17) is 9.47 Å². The third kappa shape index (κ3) is 6.49. The zero-order valence-corrected chi connectivity index (χ0v) is 11.6. The molecule has 0 atom stereocenters. The van der Waals surface area contributed by atoms with Crippen LogP contribution in [0.15, 0.2) is 27.7 Å². The number of ether oxygens (including phenoxy) is 2. The first-order valence-electron chi connectivity index (χ1n) is 5.58. The topological polar surface area (TPSA) is 65.0 Å². The van der Waals surface area contributed by atoms with Crippen LogP contribution in [0.1, 0.15) is 27.7 Å². The van der Waals surface area contributed by atoms with Gasteiger partial charge < -0.3 is 9.47 Å². The van der Waals surface area contributed by atoms with E-state index in [1.807, 2.05) is 0 Å². The van der Waals surface area contributed by atoms with Gasteiger partial charge in [-0.25, -0.2) is 4.39 Å². The molecule has 0 aliphatic carbocycles. The molecule has 0 saturated carbocycles. The van der Waals surface area contributed by atoms with E-state index in [2.05, 4.69) is 11.7 Å². The van der Waals surface area contributed by atoms with Crippen LogP contribution in [0.4, 0.5) is 4.39 Å². The van der Waals surface area contributed by atoms with Crippen LogP contribution in [0.5, 0.6) is 0 Å². The summed E-state index contributed by atoms with van der Waals surface area (Å²) in [5.41, 5.74) is 0.869. The van der Waals surface area contributed by atoms with Crippen molar-refractivity contribution in [1.29, 1.82) is 0 Å². The first kappa shape index (κ1) is 17.0. The SMILES string of the molecule is C=N/C(COC(C)=O)=C(COC(C)=O)\C(C)=C(/C)F. The van der Waals surface area contributed by atoms with Crippen molar-refractivity contribution >= 4 is 18.7 Å². The molecule has 0 amide bonds. The molecule has 0 spiro atoms. The Hall–Kier alpha value is -1.98. The summed E-state index contributed by atoms with van der Waals surface area (Å²) in [7, 11) is 0. The maximum atomic E-state index is 13.3. The Bertz CT molecular complexity index is 434. The maximum absolute atomic E-state index is 13.3. The highest BCUT2D eigenvalue weighted by Crippen LogP contribution is 2.20. The Morgan fingerprint density at radius 2 is 1.53 bits per heavy atom. The number of allylic oxidation sites excluding steroid dienone is 1. The van der Waals surface area contributed by atoms with Gasteiger partial charge in [-0.05, 0) is 26.1 Å². The highest BCUT2D eigenvalue weighted by Gasteiger charge is 2.13. The Labute approximate surface area is 111 Å². The van der Waals surface area contributed by atoms with Gasteiger partial charge in [0.15, 0.2) is 0 Å². The van der Waals surface area contributed by atoms with Gasteiger partial charge in [-0.15, -0.1) is 0 Å². The molecule has 106 valence electrons. The van der Waals surface area contributed by atoms with Gasteiger partial charge in [0, 0.05) is 19.4 Å². The molecule has 0 bridgehead atoms. The molecule has 0 N–H and O–H groups in total. The average molecular weight is 271 g/mol. The van der Waals surface area contributed by atoms with Crippen molar-refractivity contribution in [3.63, 3.8) is 0 Å². The fourth-order valence-corrected chi connectivity index (χ4v) is 1.19. The second-order valence-corrected chi connectivity index (χ2v) is 3.80. The Morgan fingerprint density at radius 3 is 1.89 bits per heavy atom. The molecule has 19 heavy (non-hydrogen) atoms. The maximum Gasteiger partial charge on any atom is 0.303 e. The molecule has 5 nitrogen and oxygen atoms in total. The van der Waals surface area contributed by atoms with Gasteiger partial charge in [-0.2, -0.15) is 0 Å². The van der Waals surface area contributed by atoms with Crippen LogP contribution in [0.2, 0.25) is 0 Å². The lowest BCUT2D eigenvalue weighted by Crippen LogP contribution is -2.11. The molecule has 0 aliphatic heterocycles. The molecule has 0 fully saturated rings. The minimum absolute atomic E-state index is 0.153. The molecule has 0 radical (unpaired) electrons. The molecule has 0 aromatic rings.